The number of aliphatic carboxylic acids is 2. The molecule has 2 aromatic rings. The number of rotatable bonds is 19. The lowest BCUT2D eigenvalue weighted by atomic mass is 10.0. The third-order valence-corrected chi connectivity index (χ3v) is 8.33. The number of nitrogens with zero attached hydrogens (tertiary/aromatic N) is 1. The molecule has 0 spiro atoms. The van der Waals surface area contributed by atoms with Gasteiger partial charge < -0.3 is 47.1 Å². The van der Waals surface area contributed by atoms with Crippen molar-refractivity contribution in [1.29, 1.82) is 0 Å². The fourth-order valence-corrected chi connectivity index (χ4v) is 5.49. The molecule has 6 atom stereocenters. The van der Waals surface area contributed by atoms with Gasteiger partial charge in [0.05, 0.1) is 18.8 Å². The molecule has 1 aliphatic heterocycles. The van der Waals surface area contributed by atoms with Crippen LogP contribution in [-0.4, -0.2) is 110 Å². The van der Waals surface area contributed by atoms with Crippen molar-refractivity contribution in [2.45, 2.75) is 82.2 Å². The number of imidazole rings is 1. The number of hydrogen-bond donors (Lipinski definition) is 10. The van der Waals surface area contributed by atoms with Gasteiger partial charge >= 0.3 is 11.9 Å². The summed E-state index contributed by atoms with van der Waals surface area (Å²) in [6.45, 7) is 3.85. The molecule has 272 valence electrons. The minimum atomic E-state index is -1.64. The van der Waals surface area contributed by atoms with Gasteiger partial charge in [0.25, 0.3) is 0 Å². The van der Waals surface area contributed by atoms with Crippen LogP contribution in [0, 0.1) is 5.92 Å². The molecule has 17 nitrogen and oxygen atoms in total. The first kappa shape index (κ1) is 39.5. The number of thiol groups is 1. The van der Waals surface area contributed by atoms with Crippen LogP contribution < -0.4 is 31.9 Å². The number of benzene rings is 1. The minimum absolute atomic E-state index is 0.0246. The molecule has 50 heavy (non-hydrogen) atoms. The van der Waals surface area contributed by atoms with E-state index in [0.29, 0.717) is 24.2 Å². The van der Waals surface area contributed by atoms with Gasteiger partial charge in [0.1, 0.15) is 30.2 Å². The van der Waals surface area contributed by atoms with Crippen molar-refractivity contribution in [2.75, 3.05) is 12.3 Å². The van der Waals surface area contributed by atoms with Gasteiger partial charge in [-0.1, -0.05) is 44.2 Å². The Morgan fingerprint density at radius 2 is 1.48 bits per heavy atom. The smallest absolute Gasteiger partial charge is 0.326 e. The molecule has 18 heteroatoms. The zero-order chi connectivity index (χ0) is 36.8. The number of hydrogen-bond acceptors (Lipinski definition) is 10. The maximum Gasteiger partial charge on any atom is 0.326 e. The molecule has 5 amide bonds. The first-order valence-corrected chi connectivity index (χ1v) is 16.7. The highest BCUT2D eigenvalue weighted by Gasteiger charge is 2.35. The van der Waals surface area contributed by atoms with E-state index in [2.05, 4.69) is 54.5 Å². The Morgan fingerprint density at radius 3 is 2.04 bits per heavy atom. The SMILES string of the molecule is CC(C)[C@H](NC(=O)[C@H](CC(=O)O)NC(=O)[C@H](CS)NC(=O)[C@@H]1CCCN1)C(=O)N[C@@H](Cc1cnc[nH]1)C(=O)N[C@@H](Cc1ccccc1)C(=O)O. The second-order valence-electron chi connectivity index (χ2n) is 12.2. The quantitative estimate of drug-likeness (QED) is 0.0750. The normalized spacial score (nSPS) is 17.0. The van der Waals surface area contributed by atoms with Crippen molar-refractivity contribution in [3.05, 3.63) is 54.1 Å². The van der Waals surface area contributed by atoms with E-state index in [4.69, 9.17) is 0 Å². The number of nitrogens with one attached hydrogen (secondary N) is 7. The molecule has 0 bridgehead atoms. The van der Waals surface area contributed by atoms with E-state index in [0.717, 1.165) is 6.42 Å². The van der Waals surface area contributed by atoms with E-state index in [1.165, 1.54) is 12.5 Å². The molecule has 1 saturated heterocycles. The lowest BCUT2D eigenvalue weighted by Crippen LogP contribution is -2.61. The second-order valence-corrected chi connectivity index (χ2v) is 12.6. The Kier molecular flexibility index (Phi) is 15.2. The number of carbonyl (C=O) groups excluding carboxylic acids is 5. The van der Waals surface area contributed by atoms with Crippen LogP contribution in [0.2, 0.25) is 0 Å². The van der Waals surface area contributed by atoms with Crippen LogP contribution in [0.25, 0.3) is 0 Å². The number of H-pyrrole nitrogens is 1. The fraction of sp³-hybridized carbons (Fsp3) is 0.500. The molecule has 1 aromatic carbocycles. The third-order valence-electron chi connectivity index (χ3n) is 7.96. The van der Waals surface area contributed by atoms with Gasteiger partial charge in [-0.3, -0.25) is 28.8 Å². The van der Waals surface area contributed by atoms with E-state index in [-0.39, 0.29) is 18.6 Å². The second kappa shape index (κ2) is 19.3. The highest BCUT2D eigenvalue weighted by atomic mass is 32.1. The van der Waals surface area contributed by atoms with Crippen molar-refractivity contribution < 1.29 is 43.8 Å². The molecule has 1 aliphatic rings. The molecule has 1 aromatic heterocycles. The fourth-order valence-electron chi connectivity index (χ4n) is 5.23. The van der Waals surface area contributed by atoms with Crippen LogP contribution in [0.5, 0.6) is 0 Å². The van der Waals surface area contributed by atoms with Crippen molar-refractivity contribution in [2.24, 2.45) is 5.92 Å². The number of aromatic amines is 1. The van der Waals surface area contributed by atoms with Gasteiger partial charge in [-0.2, -0.15) is 12.6 Å². The Labute approximate surface area is 293 Å². The summed E-state index contributed by atoms with van der Waals surface area (Å²) >= 11 is 4.12. The molecule has 2 heterocycles. The predicted octanol–water partition coefficient (Wildman–Crippen LogP) is -1.48. The van der Waals surface area contributed by atoms with Crippen molar-refractivity contribution in [1.82, 2.24) is 41.9 Å². The molecular formula is C32H44N8O9S. The van der Waals surface area contributed by atoms with Crippen molar-refractivity contribution in [3.8, 4) is 0 Å². The van der Waals surface area contributed by atoms with Gasteiger partial charge in [0.15, 0.2) is 0 Å². The molecule has 1 fully saturated rings. The van der Waals surface area contributed by atoms with Crippen molar-refractivity contribution in [3.63, 3.8) is 0 Å². The summed E-state index contributed by atoms with van der Waals surface area (Å²) in [6.07, 6.45) is 3.18. The zero-order valence-corrected chi connectivity index (χ0v) is 28.6. The average molecular weight is 717 g/mol. The van der Waals surface area contributed by atoms with Crippen LogP contribution in [0.3, 0.4) is 0 Å². The maximum atomic E-state index is 13.6. The maximum absolute atomic E-state index is 13.6. The summed E-state index contributed by atoms with van der Waals surface area (Å²) in [6, 6.07) is 1.38. The van der Waals surface area contributed by atoms with Crippen LogP contribution in [-0.2, 0) is 46.4 Å². The van der Waals surface area contributed by atoms with E-state index in [1.54, 1.807) is 44.2 Å². The minimum Gasteiger partial charge on any atom is -0.481 e. The first-order chi connectivity index (χ1) is 23.8. The lowest BCUT2D eigenvalue weighted by molar-refractivity contribution is -0.142. The third kappa shape index (κ3) is 12.2. The zero-order valence-electron chi connectivity index (χ0n) is 27.7. The lowest BCUT2D eigenvalue weighted by Gasteiger charge is -2.28. The van der Waals surface area contributed by atoms with E-state index in [9.17, 15) is 43.8 Å². The average Bonchev–Trinajstić information content (AvgIpc) is 3.80. The first-order valence-electron chi connectivity index (χ1n) is 16.1. The van der Waals surface area contributed by atoms with Gasteiger partial charge in [0, 0.05) is 30.5 Å². The van der Waals surface area contributed by atoms with Crippen LogP contribution >= 0.6 is 12.6 Å². The van der Waals surface area contributed by atoms with Gasteiger partial charge in [-0.05, 0) is 30.9 Å². The summed E-state index contributed by atoms with van der Waals surface area (Å²) in [5.41, 5.74) is 1.11. The summed E-state index contributed by atoms with van der Waals surface area (Å²) in [4.78, 5) is 96.6. The highest BCUT2D eigenvalue weighted by Crippen LogP contribution is 2.10. The Balaban J connectivity index is 1.74. The summed E-state index contributed by atoms with van der Waals surface area (Å²) in [5, 5.41) is 34.7. The topological polar surface area (TPSA) is 261 Å². The molecule has 0 unspecified atom stereocenters. The number of aromatic nitrogens is 2. The van der Waals surface area contributed by atoms with Crippen LogP contribution in [0.4, 0.5) is 0 Å². The summed E-state index contributed by atoms with van der Waals surface area (Å²) in [7, 11) is 0. The van der Waals surface area contributed by atoms with E-state index < -0.39 is 90.1 Å². The number of carbonyl (C=O) groups is 7. The number of carboxylic acids is 2. The summed E-state index contributed by atoms with van der Waals surface area (Å²) in [5.74, 6) is -7.36. The molecular weight excluding hydrogens is 672 g/mol. The highest BCUT2D eigenvalue weighted by molar-refractivity contribution is 7.80. The van der Waals surface area contributed by atoms with E-state index in [1.807, 2.05) is 0 Å². The van der Waals surface area contributed by atoms with Crippen LogP contribution in [0.15, 0.2) is 42.9 Å². The molecule has 0 aliphatic carbocycles. The Hall–Kier alpha value is -4.97. The Morgan fingerprint density at radius 1 is 0.840 bits per heavy atom. The standard InChI is InChI=1S/C32H44N8O9S/c1-17(2)26(40-29(45)22(13-25(41)42)36-30(46)24(15-50)39-27(43)20-9-6-10-34-20)31(47)37-21(12-19-14-33-16-35-19)28(44)38-23(32(48)49)11-18-7-4-3-5-8-18/h3-5,7-8,14,16-17,20-24,26,34,50H,6,9-13,15H2,1-2H3,(H,33,35)(H,36,46)(H,37,47)(H,38,44)(H,39,43)(H,40,45)(H,41,42)(H,48,49)/t20-,21-,22-,23-,24-,26-/m0/s1. The van der Waals surface area contributed by atoms with Crippen molar-refractivity contribution >= 4 is 54.1 Å². The molecule has 3 rings (SSSR count). The monoisotopic (exact) mass is 716 g/mol. The Bertz CT molecular complexity index is 1490. The molecule has 0 saturated carbocycles. The molecule has 9 N–H and O–H groups in total. The van der Waals surface area contributed by atoms with Gasteiger partial charge in [-0.15, -0.1) is 0 Å². The molecule has 0 radical (unpaired) electrons. The van der Waals surface area contributed by atoms with Gasteiger partial charge in [0.2, 0.25) is 29.5 Å². The largest absolute Gasteiger partial charge is 0.481 e. The van der Waals surface area contributed by atoms with Gasteiger partial charge in [-0.25, -0.2) is 9.78 Å². The number of carboxylic acid groups (broad SMARTS) is 2. The summed E-state index contributed by atoms with van der Waals surface area (Å²) < 4.78 is 0. The van der Waals surface area contributed by atoms with E-state index >= 15 is 0 Å². The number of amides is 5. The van der Waals surface area contributed by atoms with Crippen LogP contribution in [0.1, 0.15) is 44.4 Å². The predicted molar refractivity (Wildman–Crippen MR) is 182 cm³/mol.